The summed E-state index contributed by atoms with van der Waals surface area (Å²) < 4.78 is 2.44. The van der Waals surface area contributed by atoms with E-state index in [9.17, 15) is 4.79 Å². The number of rotatable bonds is 5. The summed E-state index contributed by atoms with van der Waals surface area (Å²) in [6, 6.07) is 4.18. The van der Waals surface area contributed by atoms with Crippen LogP contribution in [0, 0.1) is 0 Å². The predicted octanol–water partition coefficient (Wildman–Crippen LogP) is 4.11. The third-order valence-corrected chi connectivity index (χ3v) is 7.67. The molecule has 1 saturated heterocycles. The maximum atomic E-state index is 13.2. The van der Waals surface area contributed by atoms with Crippen LogP contribution in [-0.2, 0) is 5.33 Å². The van der Waals surface area contributed by atoms with Crippen molar-refractivity contribution in [1.82, 2.24) is 24.8 Å². The monoisotopic (exact) mass is 561 g/mol. The molecule has 10 heteroatoms. The predicted molar refractivity (Wildman–Crippen MR) is 134 cm³/mol. The van der Waals surface area contributed by atoms with Crippen LogP contribution in [0.25, 0.3) is 11.0 Å². The highest BCUT2D eigenvalue weighted by Gasteiger charge is 2.24. The minimum absolute atomic E-state index is 0.0259. The van der Waals surface area contributed by atoms with Crippen molar-refractivity contribution in [2.24, 2.45) is 0 Å². The summed E-state index contributed by atoms with van der Waals surface area (Å²) in [4.78, 5) is 29.4. The zero-order chi connectivity index (χ0) is 22.1. The van der Waals surface area contributed by atoms with Crippen LogP contribution in [0.4, 0.5) is 17.5 Å². The number of nitrogens with zero attached hydrogens (tertiary/aromatic N) is 5. The summed E-state index contributed by atoms with van der Waals surface area (Å²) in [6.45, 7) is 3.93. The van der Waals surface area contributed by atoms with Crippen molar-refractivity contribution in [2.45, 2.75) is 37.1 Å². The van der Waals surface area contributed by atoms with Crippen LogP contribution in [0.1, 0.15) is 37.3 Å². The number of anilines is 3. The Hall–Kier alpha value is -2.04. The molecule has 0 spiro atoms. The lowest BCUT2D eigenvalue weighted by Crippen LogP contribution is -2.43. The zero-order valence-electron chi connectivity index (χ0n) is 17.7. The van der Waals surface area contributed by atoms with Gasteiger partial charge in [0.1, 0.15) is 11.5 Å². The average molecular weight is 563 g/mol. The van der Waals surface area contributed by atoms with Gasteiger partial charge >= 0.3 is 0 Å². The Labute approximate surface area is 203 Å². The Balaban J connectivity index is 1.49. The molecule has 8 nitrogen and oxygen atoms in total. The van der Waals surface area contributed by atoms with Gasteiger partial charge in [0, 0.05) is 49.1 Å². The molecule has 2 aliphatic rings. The van der Waals surface area contributed by atoms with E-state index in [0.717, 1.165) is 68.5 Å². The van der Waals surface area contributed by atoms with Crippen molar-refractivity contribution in [3.63, 3.8) is 0 Å². The highest BCUT2D eigenvalue weighted by Crippen LogP contribution is 2.33. The van der Waals surface area contributed by atoms with E-state index in [1.165, 1.54) is 0 Å². The molecule has 3 aromatic rings. The second-order valence-electron chi connectivity index (χ2n) is 8.23. The van der Waals surface area contributed by atoms with Gasteiger partial charge in [0.15, 0.2) is 0 Å². The molecule has 0 radical (unpaired) electrons. The van der Waals surface area contributed by atoms with Crippen molar-refractivity contribution >= 4 is 60.3 Å². The summed E-state index contributed by atoms with van der Waals surface area (Å²) in [5.41, 5.74) is 2.64. The fourth-order valence-corrected chi connectivity index (χ4v) is 6.10. The van der Waals surface area contributed by atoms with Gasteiger partial charge in [0.25, 0.3) is 5.56 Å². The molecule has 0 aromatic carbocycles. The number of piperazine rings is 1. The third kappa shape index (κ3) is 4.15. The molecule has 0 unspecified atom stereocenters. The van der Waals surface area contributed by atoms with Gasteiger partial charge in [0.2, 0.25) is 5.95 Å². The zero-order valence-corrected chi connectivity index (χ0v) is 20.8. The molecule has 1 saturated carbocycles. The first-order valence-corrected chi connectivity index (χ1v) is 12.9. The number of hydrogen-bond acceptors (Lipinski definition) is 7. The maximum Gasteiger partial charge on any atom is 0.267 e. The molecule has 5 rings (SSSR count). The molecule has 3 aromatic heterocycles. The van der Waals surface area contributed by atoms with E-state index < -0.39 is 0 Å². The number of aromatic nitrogens is 4. The average Bonchev–Trinajstić information content (AvgIpc) is 3.36. The van der Waals surface area contributed by atoms with Gasteiger partial charge in [0.05, 0.1) is 16.4 Å². The van der Waals surface area contributed by atoms with Crippen LogP contribution in [0.3, 0.4) is 0 Å². The Bertz CT molecular complexity index is 1170. The summed E-state index contributed by atoms with van der Waals surface area (Å²) in [6.07, 6.45) is 7.94. The van der Waals surface area contributed by atoms with Crippen LogP contribution < -0.4 is 21.1 Å². The smallest absolute Gasteiger partial charge is 0.267 e. The fraction of sp³-hybridized carbons (Fsp3) is 0.455. The van der Waals surface area contributed by atoms with Gasteiger partial charge in [-0.05, 0) is 46.5 Å². The van der Waals surface area contributed by atoms with Crippen LogP contribution in [0.2, 0.25) is 0 Å². The molecule has 0 amide bonds. The van der Waals surface area contributed by atoms with Gasteiger partial charge < -0.3 is 15.5 Å². The Morgan fingerprint density at radius 1 is 1.12 bits per heavy atom. The first kappa shape index (κ1) is 21.8. The molecule has 168 valence electrons. The number of halogens is 2. The lowest BCUT2D eigenvalue weighted by Gasteiger charge is -2.29. The lowest BCUT2D eigenvalue weighted by molar-refractivity contribution is 0.514. The molecule has 32 heavy (non-hydrogen) atoms. The van der Waals surface area contributed by atoms with E-state index in [0.29, 0.717) is 27.2 Å². The topological polar surface area (TPSA) is 88.0 Å². The normalized spacial score (nSPS) is 17.2. The molecule has 2 N–H and O–H groups in total. The van der Waals surface area contributed by atoms with Crippen molar-refractivity contribution < 1.29 is 0 Å². The standard InChI is InChI=1S/C22H25Br2N7O/c23-11-16-17-13-27-22(28-18-6-5-15(12-26-18)30-9-7-25-8-10-30)29-20(17)31(21(32)19(16)24)14-3-1-2-4-14/h5-6,12-14,25H,1-4,7-11H2,(H,26,27,28,29). The highest BCUT2D eigenvalue weighted by atomic mass is 79.9. The number of pyridine rings is 2. The first-order chi connectivity index (χ1) is 15.7. The van der Waals surface area contributed by atoms with Crippen molar-refractivity contribution in [2.75, 3.05) is 36.4 Å². The summed E-state index contributed by atoms with van der Waals surface area (Å²) >= 11 is 7.04. The minimum atomic E-state index is -0.0259. The van der Waals surface area contributed by atoms with Crippen molar-refractivity contribution in [3.8, 4) is 0 Å². The largest absolute Gasteiger partial charge is 0.368 e. The summed E-state index contributed by atoms with van der Waals surface area (Å²) in [7, 11) is 0. The molecule has 0 bridgehead atoms. The molecule has 1 aliphatic carbocycles. The molecule has 4 heterocycles. The van der Waals surface area contributed by atoms with E-state index in [2.05, 4.69) is 63.4 Å². The summed E-state index contributed by atoms with van der Waals surface area (Å²) in [5, 5.41) is 8.01. The van der Waals surface area contributed by atoms with Gasteiger partial charge in [-0.2, -0.15) is 4.98 Å². The van der Waals surface area contributed by atoms with Gasteiger partial charge in [-0.25, -0.2) is 9.97 Å². The Morgan fingerprint density at radius 2 is 1.91 bits per heavy atom. The lowest BCUT2D eigenvalue weighted by atomic mass is 10.1. The van der Waals surface area contributed by atoms with E-state index in [4.69, 9.17) is 4.98 Å². The van der Waals surface area contributed by atoms with Crippen molar-refractivity contribution in [3.05, 3.63) is 44.9 Å². The van der Waals surface area contributed by atoms with E-state index >= 15 is 0 Å². The van der Waals surface area contributed by atoms with E-state index in [1.807, 2.05) is 16.8 Å². The quantitative estimate of drug-likeness (QED) is 0.452. The van der Waals surface area contributed by atoms with Crippen LogP contribution >= 0.6 is 31.9 Å². The molecule has 0 atom stereocenters. The fourth-order valence-electron chi connectivity index (χ4n) is 4.60. The minimum Gasteiger partial charge on any atom is -0.368 e. The maximum absolute atomic E-state index is 13.2. The molecule has 1 aliphatic heterocycles. The molecular formula is C22H25Br2N7O. The second kappa shape index (κ2) is 9.44. The molecule has 2 fully saturated rings. The van der Waals surface area contributed by atoms with Crippen molar-refractivity contribution in [1.29, 1.82) is 0 Å². The Kier molecular flexibility index (Phi) is 6.43. The summed E-state index contributed by atoms with van der Waals surface area (Å²) in [5.74, 6) is 1.12. The van der Waals surface area contributed by atoms with E-state index in [1.54, 1.807) is 6.20 Å². The Morgan fingerprint density at radius 3 is 2.59 bits per heavy atom. The first-order valence-electron chi connectivity index (χ1n) is 11.0. The highest BCUT2D eigenvalue weighted by molar-refractivity contribution is 9.10. The number of hydrogen-bond donors (Lipinski definition) is 2. The second-order valence-corrected chi connectivity index (χ2v) is 9.59. The molecular weight excluding hydrogens is 538 g/mol. The van der Waals surface area contributed by atoms with Crippen LogP contribution in [0.5, 0.6) is 0 Å². The SMILES string of the molecule is O=c1c(Br)c(CBr)c2cnc(Nc3ccc(N4CCNCC4)cn3)nc2n1C1CCCC1. The van der Waals surface area contributed by atoms with Crippen LogP contribution in [-0.4, -0.2) is 45.7 Å². The van der Waals surface area contributed by atoms with Crippen LogP contribution in [0.15, 0.2) is 33.8 Å². The number of fused-ring (bicyclic) bond motifs is 1. The number of alkyl halides is 1. The number of nitrogens with one attached hydrogen (secondary N) is 2. The van der Waals surface area contributed by atoms with E-state index in [-0.39, 0.29) is 11.6 Å². The third-order valence-electron chi connectivity index (χ3n) is 6.29. The van der Waals surface area contributed by atoms with Gasteiger partial charge in [-0.1, -0.05) is 28.8 Å². The van der Waals surface area contributed by atoms with Gasteiger partial charge in [-0.3, -0.25) is 9.36 Å². The van der Waals surface area contributed by atoms with Gasteiger partial charge in [-0.15, -0.1) is 0 Å².